The van der Waals surface area contributed by atoms with Crippen LogP contribution < -0.4 is 5.73 Å². The fraction of sp³-hybridized carbons (Fsp3) is 0.312. The Bertz CT molecular complexity index is 783. The third-order valence-electron chi connectivity index (χ3n) is 3.78. The van der Waals surface area contributed by atoms with Crippen molar-refractivity contribution >= 4 is 0 Å². The SMILES string of the molecule is Cc1cccc(-c2c(CN)nnn2Cc2c(C)noc2C)c1. The van der Waals surface area contributed by atoms with Gasteiger partial charge >= 0.3 is 0 Å². The van der Waals surface area contributed by atoms with Gasteiger partial charge < -0.3 is 10.3 Å². The summed E-state index contributed by atoms with van der Waals surface area (Å²) in [6, 6.07) is 8.25. The van der Waals surface area contributed by atoms with Crippen molar-refractivity contribution in [1.82, 2.24) is 20.2 Å². The van der Waals surface area contributed by atoms with Gasteiger partial charge in [0.15, 0.2) is 0 Å². The molecule has 0 spiro atoms. The molecule has 6 nitrogen and oxygen atoms in total. The lowest BCUT2D eigenvalue weighted by atomic mass is 10.1. The fourth-order valence-electron chi connectivity index (χ4n) is 2.58. The van der Waals surface area contributed by atoms with Gasteiger partial charge in [0.2, 0.25) is 0 Å². The zero-order valence-corrected chi connectivity index (χ0v) is 13.0. The quantitative estimate of drug-likeness (QED) is 0.799. The molecule has 6 heteroatoms. The molecular formula is C16H19N5O. The first kappa shape index (κ1) is 14.5. The van der Waals surface area contributed by atoms with Gasteiger partial charge in [-0.15, -0.1) is 5.10 Å². The Morgan fingerprint density at radius 2 is 2.05 bits per heavy atom. The van der Waals surface area contributed by atoms with E-state index in [2.05, 4.69) is 40.6 Å². The topological polar surface area (TPSA) is 82.8 Å². The first-order valence-corrected chi connectivity index (χ1v) is 7.21. The van der Waals surface area contributed by atoms with Crippen LogP contribution in [0.5, 0.6) is 0 Å². The highest BCUT2D eigenvalue weighted by Crippen LogP contribution is 2.25. The summed E-state index contributed by atoms with van der Waals surface area (Å²) in [4.78, 5) is 0. The molecule has 3 aromatic rings. The predicted octanol–water partition coefficient (Wildman–Crippen LogP) is 2.37. The first-order chi connectivity index (χ1) is 10.6. The first-order valence-electron chi connectivity index (χ1n) is 7.21. The molecule has 0 aliphatic rings. The van der Waals surface area contributed by atoms with Gasteiger partial charge in [-0.05, 0) is 26.8 Å². The number of nitrogens with two attached hydrogens (primary N) is 1. The lowest BCUT2D eigenvalue weighted by Crippen LogP contribution is -2.07. The number of hydrogen-bond donors (Lipinski definition) is 1. The Morgan fingerprint density at radius 1 is 1.23 bits per heavy atom. The Morgan fingerprint density at radius 3 is 2.68 bits per heavy atom. The van der Waals surface area contributed by atoms with Crippen molar-refractivity contribution in [2.45, 2.75) is 33.9 Å². The van der Waals surface area contributed by atoms with E-state index in [0.29, 0.717) is 13.1 Å². The van der Waals surface area contributed by atoms with Gasteiger partial charge in [0.05, 0.1) is 17.9 Å². The molecule has 0 saturated heterocycles. The molecule has 3 rings (SSSR count). The zero-order chi connectivity index (χ0) is 15.7. The van der Waals surface area contributed by atoms with Gasteiger partial charge in [0.1, 0.15) is 11.5 Å². The Balaban J connectivity index is 2.08. The van der Waals surface area contributed by atoms with Gasteiger partial charge in [0.25, 0.3) is 0 Å². The summed E-state index contributed by atoms with van der Waals surface area (Å²) in [6.45, 7) is 6.82. The third kappa shape index (κ3) is 2.53. The minimum atomic E-state index is 0.352. The molecule has 2 N–H and O–H groups in total. The normalized spacial score (nSPS) is 11.1. The lowest BCUT2D eigenvalue weighted by Gasteiger charge is -2.08. The van der Waals surface area contributed by atoms with Gasteiger partial charge in [-0.3, -0.25) is 0 Å². The van der Waals surface area contributed by atoms with E-state index < -0.39 is 0 Å². The molecule has 0 radical (unpaired) electrons. The van der Waals surface area contributed by atoms with Crippen molar-refractivity contribution in [3.8, 4) is 11.3 Å². The van der Waals surface area contributed by atoms with Crippen LogP contribution in [0, 0.1) is 20.8 Å². The summed E-state index contributed by atoms with van der Waals surface area (Å²) in [6.07, 6.45) is 0. The van der Waals surface area contributed by atoms with E-state index in [4.69, 9.17) is 10.3 Å². The van der Waals surface area contributed by atoms with Crippen LogP contribution in [0.15, 0.2) is 28.8 Å². The maximum atomic E-state index is 5.83. The maximum absolute atomic E-state index is 5.83. The molecule has 0 amide bonds. The van der Waals surface area contributed by atoms with E-state index in [1.807, 2.05) is 24.6 Å². The van der Waals surface area contributed by atoms with Crippen LogP contribution >= 0.6 is 0 Å². The summed E-state index contributed by atoms with van der Waals surface area (Å²) in [5.74, 6) is 0.803. The highest BCUT2D eigenvalue weighted by atomic mass is 16.5. The minimum Gasteiger partial charge on any atom is -0.361 e. The van der Waals surface area contributed by atoms with E-state index in [1.54, 1.807) is 0 Å². The third-order valence-corrected chi connectivity index (χ3v) is 3.78. The number of aryl methyl sites for hydroxylation is 3. The molecule has 0 aliphatic carbocycles. The second-order valence-corrected chi connectivity index (χ2v) is 5.42. The molecule has 22 heavy (non-hydrogen) atoms. The van der Waals surface area contributed by atoms with Crippen LogP contribution in [0.1, 0.15) is 28.3 Å². The second-order valence-electron chi connectivity index (χ2n) is 5.42. The van der Waals surface area contributed by atoms with Crippen molar-refractivity contribution in [1.29, 1.82) is 0 Å². The molecule has 0 bridgehead atoms. The molecule has 0 fully saturated rings. The van der Waals surface area contributed by atoms with E-state index in [1.165, 1.54) is 5.56 Å². The zero-order valence-electron chi connectivity index (χ0n) is 13.0. The minimum absolute atomic E-state index is 0.352. The number of aromatic nitrogens is 4. The number of nitrogens with zero attached hydrogens (tertiary/aromatic N) is 4. The van der Waals surface area contributed by atoms with E-state index in [0.717, 1.165) is 34.0 Å². The lowest BCUT2D eigenvalue weighted by molar-refractivity contribution is 0.391. The molecule has 114 valence electrons. The van der Waals surface area contributed by atoms with Gasteiger partial charge in [-0.2, -0.15) is 0 Å². The standard InChI is InChI=1S/C16H19N5O/c1-10-5-4-6-13(7-10)16-15(8-17)18-20-21(16)9-14-11(2)19-22-12(14)3/h4-7H,8-9,17H2,1-3H3. The van der Waals surface area contributed by atoms with Crippen LogP contribution in [-0.4, -0.2) is 20.2 Å². The van der Waals surface area contributed by atoms with Gasteiger partial charge in [-0.1, -0.05) is 34.1 Å². The highest BCUT2D eigenvalue weighted by Gasteiger charge is 2.17. The van der Waals surface area contributed by atoms with Crippen molar-refractivity contribution in [2.75, 3.05) is 0 Å². The van der Waals surface area contributed by atoms with Crippen LogP contribution in [0.2, 0.25) is 0 Å². The average molecular weight is 297 g/mol. The van der Waals surface area contributed by atoms with Crippen LogP contribution in [-0.2, 0) is 13.1 Å². The number of rotatable bonds is 4. The van der Waals surface area contributed by atoms with E-state index >= 15 is 0 Å². The highest BCUT2D eigenvalue weighted by molar-refractivity contribution is 5.63. The Kier molecular flexibility index (Phi) is 3.77. The van der Waals surface area contributed by atoms with Crippen molar-refractivity contribution in [3.05, 3.63) is 52.5 Å². The summed E-state index contributed by atoms with van der Waals surface area (Å²) in [7, 11) is 0. The summed E-state index contributed by atoms with van der Waals surface area (Å²) in [5, 5.41) is 12.5. The molecular weight excluding hydrogens is 278 g/mol. The van der Waals surface area contributed by atoms with Gasteiger partial charge in [-0.25, -0.2) is 4.68 Å². The Hall–Kier alpha value is -2.47. The monoisotopic (exact) mass is 297 g/mol. The van der Waals surface area contributed by atoms with Crippen molar-refractivity contribution in [2.24, 2.45) is 5.73 Å². The summed E-state index contributed by atoms with van der Waals surface area (Å²) < 4.78 is 7.09. The van der Waals surface area contributed by atoms with Crippen LogP contribution in [0.25, 0.3) is 11.3 Å². The smallest absolute Gasteiger partial charge is 0.138 e. The molecule has 0 atom stereocenters. The average Bonchev–Trinajstić information content (AvgIpc) is 3.05. The predicted molar refractivity (Wildman–Crippen MR) is 83.2 cm³/mol. The fourth-order valence-corrected chi connectivity index (χ4v) is 2.58. The van der Waals surface area contributed by atoms with Crippen LogP contribution in [0.3, 0.4) is 0 Å². The summed E-state index contributed by atoms with van der Waals surface area (Å²) in [5.41, 5.74) is 11.7. The number of benzene rings is 1. The molecule has 2 heterocycles. The van der Waals surface area contributed by atoms with E-state index in [-0.39, 0.29) is 0 Å². The van der Waals surface area contributed by atoms with Gasteiger partial charge in [0, 0.05) is 17.7 Å². The molecule has 2 aromatic heterocycles. The molecule has 0 unspecified atom stereocenters. The van der Waals surface area contributed by atoms with Crippen molar-refractivity contribution in [3.63, 3.8) is 0 Å². The molecule has 1 aromatic carbocycles. The summed E-state index contributed by atoms with van der Waals surface area (Å²) >= 11 is 0. The Labute approximate surface area is 128 Å². The number of hydrogen-bond acceptors (Lipinski definition) is 5. The molecule has 0 saturated carbocycles. The van der Waals surface area contributed by atoms with Crippen molar-refractivity contribution < 1.29 is 4.52 Å². The largest absolute Gasteiger partial charge is 0.361 e. The molecule has 0 aliphatic heterocycles. The van der Waals surface area contributed by atoms with E-state index in [9.17, 15) is 0 Å². The van der Waals surface area contributed by atoms with Crippen LogP contribution in [0.4, 0.5) is 0 Å². The maximum Gasteiger partial charge on any atom is 0.138 e. The second kappa shape index (κ2) is 5.73.